The lowest BCUT2D eigenvalue weighted by Crippen LogP contribution is -2.15. The van der Waals surface area contributed by atoms with E-state index in [-0.39, 0.29) is 0 Å². The molecule has 0 aliphatic carbocycles. The molecule has 82 valence electrons. The first kappa shape index (κ1) is 11.6. The van der Waals surface area contributed by atoms with Crippen LogP contribution in [0.4, 0.5) is 4.39 Å². The molecule has 0 aromatic heterocycles. The Bertz CT molecular complexity index is 347. The van der Waals surface area contributed by atoms with Gasteiger partial charge in [-0.25, -0.2) is 0 Å². The van der Waals surface area contributed by atoms with E-state index in [9.17, 15) is 4.39 Å². The molecule has 1 aromatic carbocycles. The summed E-state index contributed by atoms with van der Waals surface area (Å²) < 4.78 is 20.4. The van der Waals surface area contributed by atoms with Crippen LogP contribution >= 0.6 is 0 Å². The molecule has 0 radical (unpaired) electrons. The average Bonchev–Trinajstić information content (AvgIpc) is 2.31. The van der Waals surface area contributed by atoms with Crippen LogP contribution in [-0.4, -0.2) is 20.4 Å². The van der Waals surface area contributed by atoms with E-state index in [1.54, 1.807) is 0 Å². The van der Waals surface area contributed by atoms with Gasteiger partial charge in [-0.1, -0.05) is 18.2 Å². The van der Waals surface area contributed by atoms with E-state index >= 15 is 0 Å². The number of hydrogen-bond donors (Lipinski definition) is 0. The first-order chi connectivity index (χ1) is 7.27. The maximum atomic E-state index is 9.50. The number of hydrogen-bond acceptors (Lipinski definition) is 2. The molecule has 1 heterocycles. The lowest BCUT2D eigenvalue weighted by atomic mass is 10.1. The van der Waals surface area contributed by atoms with E-state index in [1.807, 2.05) is 25.1 Å². The third-order valence-corrected chi connectivity index (χ3v) is 2.03. The van der Waals surface area contributed by atoms with E-state index in [4.69, 9.17) is 9.47 Å². The zero-order chi connectivity index (χ0) is 11.3. The molecule has 0 atom stereocenters. The molecule has 0 saturated carbocycles. The van der Waals surface area contributed by atoms with Gasteiger partial charge in [0.25, 0.3) is 0 Å². The number of rotatable bonds is 1. The molecule has 1 aromatic rings. The summed E-state index contributed by atoms with van der Waals surface area (Å²) in [7, 11) is 0.500. The van der Waals surface area contributed by atoms with Crippen LogP contribution in [0, 0.1) is 0 Å². The van der Waals surface area contributed by atoms with Gasteiger partial charge in [-0.15, -0.1) is 0 Å². The molecular weight excluding hydrogens is 195 g/mol. The first-order valence-corrected chi connectivity index (χ1v) is 4.71. The molecule has 0 amide bonds. The van der Waals surface area contributed by atoms with Crippen molar-refractivity contribution in [3.05, 3.63) is 30.3 Å². The minimum atomic E-state index is 0.500. The van der Waals surface area contributed by atoms with Crippen LogP contribution in [0.3, 0.4) is 0 Å². The van der Waals surface area contributed by atoms with Crippen molar-refractivity contribution in [3.63, 3.8) is 0 Å². The number of ether oxygens (including phenoxy) is 2. The molecule has 0 fully saturated rings. The SMILES string of the molecule is C=C(C)c1ccc2c(c1)OCCO2.CF. The fraction of sp³-hybridized carbons (Fsp3) is 0.333. The fourth-order valence-corrected chi connectivity index (χ4v) is 1.31. The minimum Gasteiger partial charge on any atom is -0.486 e. The minimum absolute atomic E-state index is 0.500. The van der Waals surface area contributed by atoms with Crippen molar-refractivity contribution < 1.29 is 13.9 Å². The van der Waals surface area contributed by atoms with Gasteiger partial charge in [0.15, 0.2) is 11.5 Å². The van der Waals surface area contributed by atoms with Crippen LogP contribution in [0.1, 0.15) is 12.5 Å². The molecule has 3 heteroatoms. The molecule has 2 nitrogen and oxygen atoms in total. The summed E-state index contributed by atoms with van der Waals surface area (Å²) in [5.41, 5.74) is 2.14. The number of halogens is 1. The summed E-state index contributed by atoms with van der Waals surface area (Å²) in [4.78, 5) is 0. The Morgan fingerprint density at radius 2 is 1.80 bits per heavy atom. The molecular formula is C12H15FO2. The quantitative estimate of drug-likeness (QED) is 0.709. The molecule has 1 aliphatic rings. The lowest BCUT2D eigenvalue weighted by Gasteiger charge is -2.18. The van der Waals surface area contributed by atoms with E-state index < -0.39 is 0 Å². The Hall–Kier alpha value is -1.51. The maximum Gasteiger partial charge on any atom is 0.161 e. The van der Waals surface area contributed by atoms with Crippen molar-refractivity contribution in [2.45, 2.75) is 6.92 Å². The zero-order valence-electron chi connectivity index (χ0n) is 9.05. The highest BCUT2D eigenvalue weighted by Gasteiger charge is 2.11. The van der Waals surface area contributed by atoms with Crippen LogP contribution in [0.15, 0.2) is 24.8 Å². The maximum absolute atomic E-state index is 9.50. The number of fused-ring (bicyclic) bond motifs is 1. The van der Waals surface area contributed by atoms with Crippen molar-refractivity contribution in [1.82, 2.24) is 0 Å². The lowest BCUT2D eigenvalue weighted by molar-refractivity contribution is 0.171. The standard InChI is InChI=1S/C11H12O2.CH3F/c1-8(2)9-3-4-10-11(7-9)13-6-5-12-10;1-2/h3-4,7H,1,5-6H2,2H3;1H3. The van der Waals surface area contributed by atoms with Crippen LogP contribution in [-0.2, 0) is 0 Å². The second-order valence-electron chi connectivity index (χ2n) is 3.14. The third-order valence-electron chi connectivity index (χ3n) is 2.03. The molecule has 0 saturated heterocycles. The van der Waals surface area contributed by atoms with Crippen LogP contribution < -0.4 is 9.47 Å². The second kappa shape index (κ2) is 5.39. The second-order valence-corrected chi connectivity index (χ2v) is 3.14. The summed E-state index contributed by atoms with van der Waals surface area (Å²) in [6, 6.07) is 5.89. The van der Waals surface area contributed by atoms with E-state index in [1.165, 1.54) is 0 Å². The number of alkyl halides is 1. The van der Waals surface area contributed by atoms with Gasteiger partial charge in [0.1, 0.15) is 13.2 Å². The average molecular weight is 210 g/mol. The van der Waals surface area contributed by atoms with Gasteiger partial charge in [0.2, 0.25) is 0 Å². The Balaban J connectivity index is 0.000000531. The van der Waals surface area contributed by atoms with Crippen LogP contribution in [0.2, 0.25) is 0 Å². The predicted octanol–water partition coefficient (Wildman–Crippen LogP) is 3.08. The summed E-state index contributed by atoms with van der Waals surface area (Å²) in [5, 5.41) is 0. The van der Waals surface area contributed by atoms with Gasteiger partial charge < -0.3 is 9.47 Å². The largest absolute Gasteiger partial charge is 0.486 e. The fourth-order valence-electron chi connectivity index (χ4n) is 1.31. The van der Waals surface area contributed by atoms with Gasteiger partial charge >= 0.3 is 0 Å². The number of allylic oxidation sites excluding steroid dienone is 1. The Morgan fingerprint density at radius 3 is 2.40 bits per heavy atom. The van der Waals surface area contributed by atoms with Gasteiger partial charge in [0, 0.05) is 0 Å². The summed E-state index contributed by atoms with van der Waals surface area (Å²) >= 11 is 0. The van der Waals surface area contributed by atoms with Crippen molar-refractivity contribution in [2.24, 2.45) is 0 Å². The number of benzene rings is 1. The van der Waals surface area contributed by atoms with Crippen molar-refractivity contribution >= 4 is 5.57 Å². The molecule has 0 spiro atoms. The Morgan fingerprint density at radius 1 is 1.20 bits per heavy atom. The van der Waals surface area contributed by atoms with Crippen LogP contribution in [0.25, 0.3) is 5.57 Å². The van der Waals surface area contributed by atoms with Crippen molar-refractivity contribution in [2.75, 3.05) is 20.4 Å². The van der Waals surface area contributed by atoms with E-state index in [2.05, 4.69) is 6.58 Å². The molecule has 15 heavy (non-hydrogen) atoms. The normalized spacial score (nSPS) is 12.5. The summed E-state index contributed by atoms with van der Waals surface area (Å²) in [6.07, 6.45) is 0. The van der Waals surface area contributed by atoms with Gasteiger partial charge in [-0.05, 0) is 24.6 Å². The zero-order valence-corrected chi connectivity index (χ0v) is 9.05. The van der Waals surface area contributed by atoms with Crippen molar-refractivity contribution in [1.29, 1.82) is 0 Å². The first-order valence-electron chi connectivity index (χ1n) is 4.71. The Labute approximate surface area is 89.3 Å². The predicted molar refractivity (Wildman–Crippen MR) is 59.2 cm³/mol. The topological polar surface area (TPSA) is 18.5 Å². The molecule has 2 rings (SSSR count). The summed E-state index contributed by atoms with van der Waals surface area (Å²) in [6.45, 7) is 7.13. The van der Waals surface area contributed by atoms with Gasteiger partial charge in [-0.3, -0.25) is 4.39 Å². The highest BCUT2D eigenvalue weighted by Crippen LogP contribution is 2.32. The Kier molecular flexibility index (Phi) is 4.16. The molecule has 0 unspecified atom stereocenters. The molecule has 1 aliphatic heterocycles. The highest BCUT2D eigenvalue weighted by atomic mass is 19.1. The van der Waals surface area contributed by atoms with Crippen LogP contribution in [0.5, 0.6) is 11.5 Å². The molecule has 0 N–H and O–H groups in total. The third kappa shape index (κ3) is 2.72. The monoisotopic (exact) mass is 210 g/mol. The highest BCUT2D eigenvalue weighted by molar-refractivity contribution is 5.64. The van der Waals surface area contributed by atoms with E-state index in [0.717, 1.165) is 22.6 Å². The summed E-state index contributed by atoms with van der Waals surface area (Å²) in [5.74, 6) is 1.66. The van der Waals surface area contributed by atoms with Gasteiger partial charge in [-0.2, -0.15) is 0 Å². The molecule has 0 bridgehead atoms. The van der Waals surface area contributed by atoms with E-state index in [0.29, 0.717) is 20.4 Å². The van der Waals surface area contributed by atoms with Gasteiger partial charge in [0.05, 0.1) is 7.18 Å². The smallest absolute Gasteiger partial charge is 0.161 e. The van der Waals surface area contributed by atoms with Crippen molar-refractivity contribution in [3.8, 4) is 11.5 Å².